The van der Waals surface area contributed by atoms with Crippen LogP contribution in [-0.4, -0.2) is 21.6 Å². The Hall–Kier alpha value is -1.18. The minimum Gasteiger partial charge on any atom is -0.452 e. The standard InChI is InChI=1S/C8H7Cl2NO5S/c1-15-8(12)11-17(13,14)16-7-3-5(9)2-6(10)4-7/h2-4H,1H3,(H,11,12). The van der Waals surface area contributed by atoms with Crippen LogP contribution in [0.1, 0.15) is 0 Å². The van der Waals surface area contributed by atoms with Crippen LogP contribution in [0.5, 0.6) is 5.75 Å². The van der Waals surface area contributed by atoms with Gasteiger partial charge in [-0.15, -0.1) is 0 Å². The number of halogens is 2. The van der Waals surface area contributed by atoms with Crippen LogP contribution in [0.25, 0.3) is 0 Å². The Morgan fingerprint density at radius 2 is 1.76 bits per heavy atom. The second kappa shape index (κ2) is 5.44. The second-order valence-corrected chi connectivity index (χ2v) is 4.89. The van der Waals surface area contributed by atoms with E-state index in [0.717, 1.165) is 7.11 Å². The molecule has 1 aromatic carbocycles. The molecule has 0 aliphatic carbocycles. The number of ether oxygens (including phenoxy) is 1. The van der Waals surface area contributed by atoms with E-state index in [9.17, 15) is 13.2 Å². The molecule has 0 aliphatic heterocycles. The van der Waals surface area contributed by atoms with Crippen LogP contribution in [-0.2, 0) is 15.0 Å². The van der Waals surface area contributed by atoms with Gasteiger partial charge in [-0.2, -0.15) is 13.1 Å². The van der Waals surface area contributed by atoms with Gasteiger partial charge in [-0.1, -0.05) is 23.2 Å². The van der Waals surface area contributed by atoms with Crippen LogP contribution in [0.15, 0.2) is 18.2 Å². The highest BCUT2D eigenvalue weighted by Crippen LogP contribution is 2.24. The van der Waals surface area contributed by atoms with E-state index in [1.54, 1.807) is 0 Å². The number of methoxy groups -OCH3 is 1. The minimum atomic E-state index is -4.32. The van der Waals surface area contributed by atoms with Gasteiger partial charge in [0.25, 0.3) is 0 Å². The maximum absolute atomic E-state index is 11.3. The van der Waals surface area contributed by atoms with Crippen LogP contribution in [0.2, 0.25) is 10.0 Å². The normalized spacial score (nSPS) is 10.8. The van der Waals surface area contributed by atoms with Crippen molar-refractivity contribution in [2.45, 2.75) is 0 Å². The first-order valence-corrected chi connectivity index (χ1v) is 6.25. The number of hydrogen-bond acceptors (Lipinski definition) is 5. The monoisotopic (exact) mass is 299 g/mol. The summed E-state index contributed by atoms with van der Waals surface area (Å²) in [4.78, 5) is 10.7. The molecule has 0 heterocycles. The third-order valence-electron chi connectivity index (χ3n) is 1.44. The summed E-state index contributed by atoms with van der Waals surface area (Å²) in [6, 6.07) is 3.85. The number of rotatable bonds is 3. The molecule has 0 aromatic heterocycles. The van der Waals surface area contributed by atoms with E-state index in [2.05, 4.69) is 8.92 Å². The first kappa shape index (κ1) is 13.9. The molecule has 1 amide bonds. The molecule has 1 N–H and O–H groups in total. The fraction of sp³-hybridized carbons (Fsp3) is 0.125. The lowest BCUT2D eigenvalue weighted by Gasteiger charge is -2.07. The van der Waals surface area contributed by atoms with Crippen LogP contribution in [0.4, 0.5) is 4.79 Å². The van der Waals surface area contributed by atoms with E-state index in [4.69, 9.17) is 23.2 Å². The van der Waals surface area contributed by atoms with E-state index < -0.39 is 16.4 Å². The fourth-order valence-electron chi connectivity index (χ4n) is 0.868. The molecule has 0 radical (unpaired) electrons. The number of hydrogen-bond donors (Lipinski definition) is 1. The van der Waals surface area contributed by atoms with Crippen molar-refractivity contribution < 1.29 is 22.1 Å². The van der Waals surface area contributed by atoms with Gasteiger partial charge in [-0.3, -0.25) is 0 Å². The smallest absolute Gasteiger partial charge is 0.423 e. The zero-order valence-electron chi connectivity index (χ0n) is 8.44. The number of nitrogens with one attached hydrogen (secondary N) is 1. The molecular formula is C8H7Cl2NO5S. The van der Waals surface area contributed by atoms with Gasteiger partial charge in [0.2, 0.25) is 0 Å². The second-order valence-electron chi connectivity index (χ2n) is 2.74. The molecule has 17 heavy (non-hydrogen) atoms. The van der Waals surface area contributed by atoms with E-state index in [1.165, 1.54) is 22.9 Å². The number of amides is 1. The average Bonchev–Trinajstić information content (AvgIpc) is 2.13. The number of carbonyl (C=O) groups excluding carboxylic acids is 1. The van der Waals surface area contributed by atoms with E-state index >= 15 is 0 Å². The predicted molar refractivity (Wildman–Crippen MR) is 61.6 cm³/mol. The van der Waals surface area contributed by atoms with Gasteiger partial charge in [0.1, 0.15) is 5.75 Å². The van der Waals surface area contributed by atoms with Crippen molar-refractivity contribution in [1.82, 2.24) is 4.72 Å². The first-order valence-electron chi connectivity index (χ1n) is 4.08. The average molecular weight is 300 g/mol. The van der Waals surface area contributed by atoms with Gasteiger partial charge < -0.3 is 8.92 Å². The minimum absolute atomic E-state index is 0.126. The summed E-state index contributed by atoms with van der Waals surface area (Å²) in [7, 11) is -3.31. The van der Waals surface area contributed by atoms with Gasteiger partial charge in [-0.05, 0) is 6.07 Å². The number of benzene rings is 1. The Morgan fingerprint density at radius 1 is 1.24 bits per heavy atom. The maximum Gasteiger partial charge on any atom is 0.423 e. The van der Waals surface area contributed by atoms with Crippen LogP contribution in [0.3, 0.4) is 0 Å². The Morgan fingerprint density at radius 3 is 2.24 bits per heavy atom. The molecule has 6 nitrogen and oxygen atoms in total. The quantitative estimate of drug-likeness (QED) is 0.923. The van der Waals surface area contributed by atoms with Crippen molar-refractivity contribution in [3.05, 3.63) is 28.2 Å². The molecule has 0 unspecified atom stereocenters. The lowest BCUT2D eigenvalue weighted by atomic mass is 10.3. The van der Waals surface area contributed by atoms with E-state index in [-0.39, 0.29) is 15.8 Å². The van der Waals surface area contributed by atoms with Gasteiger partial charge in [0, 0.05) is 22.2 Å². The van der Waals surface area contributed by atoms with Crippen LogP contribution >= 0.6 is 23.2 Å². The SMILES string of the molecule is COC(=O)NS(=O)(=O)Oc1cc(Cl)cc(Cl)c1. The molecule has 1 aromatic rings. The van der Waals surface area contributed by atoms with E-state index in [0.29, 0.717) is 0 Å². The van der Waals surface area contributed by atoms with Crippen molar-refractivity contribution in [3.63, 3.8) is 0 Å². The zero-order valence-corrected chi connectivity index (χ0v) is 10.8. The van der Waals surface area contributed by atoms with Gasteiger partial charge in [0.15, 0.2) is 0 Å². The molecule has 0 spiro atoms. The van der Waals surface area contributed by atoms with Crippen molar-refractivity contribution >= 4 is 39.6 Å². The van der Waals surface area contributed by atoms with Crippen molar-refractivity contribution in [3.8, 4) is 5.75 Å². The van der Waals surface area contributed by atoms with Gasteiger partial charge in [-0.25, -0.2) is 4.79 Å². The molecule has 0 saturated carbocycles. The predicted octanol–water partition coefficient (Wildman–Crippen LogP) is 1.97. The molecular weight excluding hydrogens is 293 g/mol. The summed E-state index contributed by atoms with van der Waals surface area (Å²) in [6.45, 7) is 0. The first-order chi connectivity index (χ1) is 7.82. The van der Waals surface area contributed by atoms with Crippen molar-refractivity contribution in [2.75, 3.05) is 7.11 Å². The largest absolute Gasteiger partial charge is 0.452 e. The Labute approximate surface area is 108 Å². The Balaban J connectivity index is 2.86. The Bertz CT molecular complexity index is 510. The molecule has 94 valence electrons. The highest BCUT2D eigenvalue weighted by molar-refractivity contribution is 7.85. The van der Waals surface area contributed by atoms with Gasteiger partial charge >= 0.3 is 16.4 Å². The van der Waals surface area contributed by atoms with Crippen molar-refractivity contribution in [1.29, 1.82) is 0 Å². The van der Waals surface area contributed by atoms with Crippen LogP contribution < -0.4 is 8.91 Å². The highest BCUT2D eigenvalue weighted by Gasteiger charge is 2.17. The summed E-state index contributed by atoms with van der Waals surface area (Å²) in [5.41, 5.74) is 0. The highest BCUT2D eigenvalue weighted by atomic mass is 35.5. The third-order valence-corrected chi connectivity index (χ3v) is 2.70. The lowest BCUT2D eigenvalue weighted by Crippen LogP contribution is -2.33. The lowest BCUT2D eigenvalue weighted by molar-refractivity contribution is 0.177. The topological polar surface area (TPSA) is 81.7 Å². The zero-order chi connectivity index (χ0) is 13.1. The van der Waals surface area contributed by atoms with Crippen molar-refractivity contribution in [2.24, 2.45) is 0 Å². The Kier molecular flexibility index (Phi) is 4.44. The fourth-order valence-corrected chi connectivity index (χ4v) is 2.05. The molecule has 0 fully saturated rings. The third kappa shape index (κ3) is 4.68. The summed E-state index contributed by atoms with van der Waals surface area (Å²) in [5, 5.41) is 0.390. The molecule has 0 atom stereocenters. The summed E-state index contributed by atoms with van der Waals surface area (Å²) < 4.78 is 32.7. The molecule has 0 saturated heterocycles. The maximum atomic E-state index is 11.3. The summed E-state index contributed by atoms with van der Waals surface area (Å²) in [6.07, 6.45) is -1.17. The molecule has 9 heteroatoms. The van der Waals surface area contributed by atoms with E-state index in [1.807, 2.05) is 0 Å². The number of carbonyl (C=O) groups is 1. The molecule has 0 bridgehead atoms. The van der Waals surface area contributed by atoms with Gasteiger partial charge in [0.05, 0.1) is 7.11 Å². The summed E-state index contributed by atoms with van der Waals surface area (Å²) in [5.74, 6) is -0.126. The summed E-state index contributed by atoms with van der Waals surface area (Å²) >= 11 is 11.3. The van der Waals surface area contributed by atoms with Crippen LogP contribution in [0, 0.1) is 0 Å². The molecule has 0 aliphatic rings. The molecule has 1 rings (SSSR count).